The van der Waals surface area contributed by atoms with Crippen LogP contribution in [0.15, 0.2) is 59.0 Å². The number of hydrogen-bond donors (Lipinski definition) is 1. The summed E-state index contributed by atoms with van der Waals surface area (Å²) in [5, 5.41) is 4.71. The van der Waals surface area contributed by atoms with E-state index in [1.807, 2.05) is 63.2 Å². The van der Waals surface area contributed by atoms with Crippen molar-refractivity contribution in [1.82, 2.24) is 5.32 Å². The molecule has 1 heterocycles. The molecule has 3 aromatic rings. The van der Waals surface area contributed by atoms with E-state index in [0.29, 0.717) is 5.76 Å². The zero-order valence-corrected chi connectivity index (χ0v) is 15.7. The molecule has 27 heavy (non-hydrogen) atoms. The van der Waals surface area contributed by atoms with E-state index in [9.17, 15) is 9.59 Å². The largest absolute Gasteiger partial charge is 0.485 e. The van der Waals surface area contributed by atoms with Gasteiger partial charge in [-0.2, -0.15) is 0 Å². The minimum atomic E-state index is -0.492. The highest BCUT2D eigenvalue weighted by atomic mass is 16.5. The number of ether oxygens (including phenoxy) is 1. The zero-order valence-electron chi connectivity index (χ0n) is 15.7. The monoisotopic (exact) mass is 365 g/mol. The van der Waals surface area contributed by atoms with E-state index >= 15 is 0 Å². The maximum atomic E-state index is 12.1. The molecule has 0 saturated heterocycles. The van der Waals surface area contributed by atoms with Gasteiger partial charge in [0.25, 0.3) is 5.91 Å². The van der Waals surface area contributed by atoms with Crippen molar-refractivity contribution in [1.29, 1.82) is 0 Å². The fourth-order valence-corrected chi connectivity index (χ4v) is 2.56. The molecule has 0 atom stereocenters. The quantitative estimate of drug-likeness (QED) is 0.705. The average Bonchev–Trinajstić information content (AvgIpc) is 3.12. The van der Waals surface area contributed by atoms with Crippen LogP contribution in [0.1, 0.15) is 37.1 Å². The second kappa shape index (κ2) is 7.66. The number of carbonyl (C=O) groups is 2. The van der Waals surface area contributed by atoms with E-state index < -0.39 is 11.3 Å². The Kier molecular flexibility index (Phi) is 5.31. The lowest BCUT2D eigenvalue weighted by atomic mass is 9.91. The molecule has 2 aromatic carbocycles. The van der Waals surface area contributed by atoms with E-state index in [4.69, 9.17) is 9.15 Å². The lowest BCUT2D eigenvalue weighted by Gasteiger charge is -2.16. The Balaban J connectivity index is 1.61. The summed E-state index contributed by atoms with van der Waals surface area (Å²) in [5.74, 6) is 1.00. The third-order valence-corrected chi connectivity index (χ3v) is 4.25. The van der Waals surface area contributed by atoms with Gasteiger partial charge in [-0.15, -0.1) is 0 Å². The lowest BCUT2D eigenvalue weighted by molar-refractivity contribution is -0.125. The normalized spacial score (nSPS) is 11.4. The fourth-order valence-electron chi connectivity index (χ4n) is 2.56. The standard InChI is InChI=1S/C22H23NO4/c1-22(2,3)20(24)13-23-21(25)19-12-11-16(27-19)14-26-18-10-6-8-15-7-4-5-9-17(15)18/h4-12H,13-14H2,1-3H3,(H,23,25). The summed E-state index contributed by atoms with van der Waals surface area (Å²) in [6.45, 7) is 5.64. The minimum Gasteiger partial charge on any atom is -0.485 e. The van der Waals surface area contributed by atoms with Gasteiger partial charge in [-0.1, -0.05) is 57.2 Å². The van der Waals surface area contributed by atoms with Crippen LogP contribution in [0.3, 0.4) is 0 Å². The first-order valence-corrected chi connectivity index (χ1v) is 8.85. The van der Waals surface area contributed by atoms with Gasteiger partial charge >= 0.3 is 0 Å². The third-order valence-electron chi connectivity index (χ3n) is 4.25. The molecular weight excluding hydrogens is 342 g/mol. The Morgan fingerprint density at radius 2 is 1.74 bits per heavy atom. The fraction of sp³-hybridized carbons (Fsp3) is 0.273. The third kappa shape index (κ3) is 4.56. The van der Waals surface area contributed by atoms with Gasteiger partial charge in [-0.3, -0.25) is 9.59 Å². The molecule has 1 amide bonds. The van der Waals surface area contributed by atoms with Gasteiger partial charge in [-0.25, -0.2) is 0 Å². The molecule has 0 unspecified atom stereocenters. The van der Waals surface area contributed by atoms with E-state index in [2.05, 4.69) is 5.32 Å². The molecule has 0 aliphatic carbocycles. The molecule has 5 heteroatoms. The predicted molar refractivity (Wildman–Crippen MR) is 104 cm³/mol. The summed E-state index contributed by atoms with van der Waals surface area (Å²) in [5.41, 5.74) is -0.492. The first-order valence-electron chi connectivity index (χ1n) is 8.85. The predicted octanol–water partition coefficient (Wildman–Crippen LogP) is 4.36. The van der Waals surface area contributed by atoms with Crippen molar-refractivity contribution < 1.29 is 18.7 Å². The zero-order chi connectivity index (χ0) is 19.4. The number of furan rings is 1. The number of Topliss-reactive ketones (excluding diaryl/α,β-unsaturated/α-hetero) is 1. The number of benzene rings is 2. The molecule has 0 fully saturated rings. The molecular formula is C22H23NO4. The number of hydrogen-bond acceptors (Lipinski definition) is 4. The Bertz CT molecular complexity index is 960. The summed E-state index contributed by atoms with van der Waals surface area (Å²) >= 11 is 0. The van der Waals surface area contributed by atoms with Gasteiger partial charge in [0.2, 0.25) is 0 Å². The van der Waals surface area contributed by atoms with Crippen LogP contribution in [0.5, 0.6) is 5.75 Å². The summed E-state index contributed by atoms with van der Waals surface area (Å²) in [6.07, 6.45) is 0. The molecule has 5 nitrogen and oxygen atoms in total. The summed E-state index contributed by atoms with van der Waals surface area (Å²) in [6, 6.07) is 17.1. The maximum Gasteiger partial charge on any atom is 0.287 e. The van der Waals surface area contributed by atoms with Crippen molar-refractivity contribution in [2.45, 2.75) is 27.4 Å². The van der Waals surface area contributed by atoms with Crippen molar-refractivity contribution in [3.63, 3.8) is 0 Å². The highest BCUT2D eigenvalue weighted by Crippen LogP contribution is 2.26. The number of fused-ring (bicyclic) bond motifs is 1. The number of ketones is 1. The highest BCUT2D eigenvalue weighted by Gasteiger charge is 2.22. The van der Waals surface area contributed by atoms with E-state index in [-0.39, 0.29) is 24.7 Å². The number of rotatable bonds is 6. The molecule has 0 radical (unpaired) electrons. The summed E-state index contributed by atoms with van der Waals surface area (Å²) in [7, 11) is 0. The van der Waals surface area contributed by atoms with Crippen LogP contribution in [0.2, 0.25) is 0 Å². The second-order valence-corrected chi connectivity index (χ2v) is 7.39. The maximum absolute atomic E-state index is 12.1. The lowest BCUT2D eigenvalue weighted by Crippen LogP contribution is -2.35. The Morgan fingerprint density at radius 3 is 2.52 bits per heavy atom. The van der Waals surface area contributed by atoms with E-state index in [0.717, 1.165) is 16.5 Å². The number of carbonyl (C=O) groups excluding carboxylic acids is 2. The van der Waals surface area contributed by atoms with Gasteiger partial charge in [0.05, 0.1) is 6.54 Å². The van der Waals surface area contributed by atoms with E-state index in [1.54, 1.807) is 12.1 Å². The molecule has 3 rings (SSSR count). The van der Waals surface area contributed by atoms with Crippen LogP contribution in [0.4, 0.5) is 0 Å². The van der Waals surface area contributed by atoms with Crippen LogP contribution in [0.25, 0.3) is 10.8 Å². The topological polar surface area (TPSA) is 68.5 Å². The Labute approximate surface area is 158 Å². The SMILES string of the molecule is CC(C)(C)C(=O)CNC(=O)c1ccc(COc2cccc3ccccc23)o1. The molecule has 0 aliphatic rings. The summed E-state index contributed by atoms with van der Waals surface area (Å²) < 4.78 is 11.4. The van der Waals surface area contributed by atoms with Gasteiger partial charge in [0.15, 0.2) is 11.5 Å². The van der Waals surface area contributed by atoms with Gasteiger partial charge < -0.3 is 14.5 Å². The molecule has 0 aliphatic heterocycles. The van der Waals surface area contributed by atoms with E-state index in [1.165, 1.54) is 0 Å². The summed E-state index contributed by atoms with van der Waals surface area (Å²) in [4.78, 5) is 24.0. The van der Waals surface area contributed by atoms with Crippen LogP contribution >= 0.6 is 0 Å². The van der Waals surface area contributed by atoms with Crippen molar-refractivity contribution in [3.8, 4) is 5.75 Å². The van der Waals surface area contributed by atoms with Crippen LogP contribution in [-0.2, 0) is 11.4 Å². The van der Waals surface area contributed by atoms with Gasteiger partial charge in [0, 0.05) is 10.8 Å². The van der Waals surface area contributed by atoms with Crippen molar-refractivity contribution in [3.05, 3.63) is 66.1 Å². The van der Waals surface area contributed by atoms with Crippen molar-refractivity contribution in [2.75, 3.05) is 6.54 Å². The van der Waals surface area contributed by atoms with Gasteiger partial charge in [0.1, 0.15) is 18.1 Å². The first-order chi connectivity index (χ1) is 12.8. The number of amides is 1. The first kappa shape index (κ1) is 18.7. The number of nitrogens with one attached hydrogen (secondary N) is 1. The average molecular weight is 365 g/mol. The second-order valence-electron chi connectivity index (χ2n) is 7.39. The van der Waals surface area contributed by atoms with Crippen LogP contribution in [0, 0.1) is 5.41 Å². The Hall–Kier alpha value is -3.08. The van der Waals surface area contributed by atoms with Crippen molar-refractivity contribution >= 4 is 22.5 Å². The Morgan fingerprint density at radius 1 is 1.00 bits per heavy atom. The molecule has 0 spiro atoms. The van der Waals surface area contributed by atoms with Crippen LogP contribution < -0.4 is 10.1 Å². The van der Waals surface area contributed by atoms with Crippen molar-refractivity contribution in [2.24, 2.45) is 5.41 Å². The smallest absolute Gasteiger partial charge is 0.287 e. The molecule has 1 N–H and O–H groups in total. The molecule has 0 bridgehead atoms. The van der Waals surface area contributed by atoms with Gasteiger partial charge in [-0.05, 0) is 23.6 Å². The van der Waals surface area contributed by atoms with Crippen LogP contribution in [-0.4, -0.2) is 18.2 Å². The minimum absolute atomic E-state index is 0.0229. The molecule has 0 saturated carbocycles. The highest BCUT2D eigenvalue weighted by molar-refractivity contribution is 5.95. The molecule has 140 valence electrons. The molecule has 1 aromatic heterocycles.